The van der Waals surface area contributed by atoms with Crippen LogP contribution in [0.3, 0.4) is 0 Å². The lowest BCUT2D eigenvalue weighted by Crippen LogP contribution is -2.15. The number of hydrogen-bond donors (Lipinski definition) is 2. The van der Waals surface area contributed by atoms with Crippen LogP contribution < -0.4 is 10.6 Å². The maximum absolute atomic E-state index is 13.3. The Morgan fingerprint density at radius 2 is 1.66 bits per heavy atom. The number of amides is 1. The fourth-order valence-corrected chi connectivity index (χ4v) is 5.13. The molecule has 0 aliphatic heterocycles. The predicted molar refractivity (Wildman–Crippen MR) is 150 cm³/mol. The normalized spacial score (nSPS) is 16.0. The Morgan fingerprint density at radius 1 is 0.974 bits per heavy atom. The van der Waals surface area contributed by atoms with Gasteiger partial charge in [0.05, 0.1) is 5.56 Å². The molecule has 0 spiro atoms. The summed E-state index contributed by atoms with van der Waals surface area (Å²) in [7, 11) is 0. The summed E-state index contributed by atoms with van der Waals surface area (Å²) in [6.07, 6.45) is 8.85. The Labute approximate surface area is 224 Å². The zero-order valence-electron chi connectivity index (χ0n) is 22.5. The monoisotopic (exact) mass is 524 g/mol. The molecule has 204 valence electrons. The number of rotatable bonds is 11. The minimum Gasteiger partial charge on any atom is -0.359 e. The Hall–Kier alpha value is -3.02. The third-order valence-corrected chi connectivity index (χ3v) is 7.90. The highest BCUT2D eigenvalue weighted by molar-refractivity contribution is 6.04. The Bertz CT molecular complexity index is 1170. The van der Waals surface area contributed by atoms with E-state index in [0.717, 1.165) is 92.4 Å². The van der Waals surface area contributed by atoms with Crippen molar-refractivity contribution in [2.24, 2.45) is 5.92 Å². The number of alkyl halides is 3. The van der Waals surface area contributed by atoms with E-state index >= 15 is 0 Å². The number of benzene rings is 2. The van der Waals surface area contributed by atoms with Crippen molar-refractivity contribution in [3.05, 3.63) is 76.5 Å². The molecule has 2 aliphatic carbocycles. The van der Waals surface area contributed by atoms with Gasteiger partial charge in [0, 0.05) is 23.1 Å². The third-order valence-electron chi connectivity index (χ3n) is 7.90. The lowest BCUT2D eigenvalue weighted by Gasteiger charge is -2.26. The highest BCUT2D eigenvalue weighted by Crippen LogP contribution is 2.37. The van der Waals surface area contributed by atoms with Crippen molar-refractivity contribution in [1.82, 2.24) is 0 Å². The largest absolute Gasteiger partial charge is 0.416 e. The average Bonchev–Trinajstić information content (AvgIpc) is 2.80. The van der Waals surface area contributed by atoms with Crippen molar-refractivity contribution in [2.45, 2.75) is 90.7 Å². The summed E-state index contributed by atoms with van der Waals surface area (Å²) in [6, 6.07) is 11.1. The van der Waals surface area contributed by atoms with Crippen LogP contribution in [0, 0.1) is 5.92 Å². The van der Waals surface area contributed by atoms with Crippen LogP contribution in [0.25, 0.3) is 5.57 Å². The molecular formula is C32H39F3N2O. The summed E-state index contributed by atoms with van der Waals surface area (Å²) in [5, 5.41) is 6.70. The van der Waals surface area contributed by atoms with E-state index in [1.807, 2.05) is 12.1 Å². The van der Waals surface area contributed by atoms with Crippen LogP contribution in [-0.2, 0) is 17.4 Å². The molecule has 0 heterocycles. The Balaban J connectivity index is 1.58. The second kappa shape index (κ2) is 12.7. The third kappa shape index (κ3) is 7.30. The standard InChI is InChI=1S/C32H39F3N2O/c1-3-4-5-13-28-29(36-22(2)24-11-7-12-24)14-8-15-30(28)37-31(38)21-26(20-23-9-6-10-23)25-16-18-27(19-17-25)32(33,34)35/h8,14-19,21,23,36H,3-7,9-13,20H2,1-2H3,(H,37,38)/b26-21+. The topological polar surface area (TPSA) is 41.1 Å². The highest BCUT2D eigenvalue weighted by atomic mass is 19.4. The fourth-order valence-electron chi connectivity index (χ4n) is 5.13. The molecule has 2 saturated carbocycles. The van der Waals surface area contributed by atoms with E-state index in [1.54, 1.807) is 6.08 Å². The summed E-state index contributed by atoms with van der Waals surface area (Å²) in [5.74, 6) is 0.221. The van der Waals surface area contributed by atoms with Gasteiger partial charge in [-0.15, -0.1) is 0 Å². The molecule has 0 aromatic heterocycles. The van der Waals surface area contributed by atoms with E-state index in [1.165, 1.54) is 29.8 Å². The number of carbonyl (C=O) groups is 1. The predicted octanol–water partition coefficient (Wildman–Crippen LogP) is 9.52. The summed E-state index contributed by atoms with van der Waals surface area (Å²) in [4.78, 5) is 13.3. The maximum atomic E-state index is 13.3. The van der Waals surface area contributed by atoms with Crippen LogP contribution in [0.15, 0.2) is 59.8 Å². The fraction of sp³-hybridized carbons (Fsp3) is 0.469. The van der Waals surface area contributed by atoms with E-state index in [-0.39, 0.29) is 5.91 Å². The van der Waals surface area contributed by atoms with Crippen LogP contribution >= 0.6 is 0 Å². The molecule has 2 aromatic rings. The van der Waals surface area contributed by atoms with Crippen LogP contribution in [0.4, 0.5) is 24.5 Å². The van der Waals surface area contributed by atoms with Gasteiger partial charge in [-0.25, -0.2) is 0 Å². The van der Waals surface area contributed by atoms with Gasteiger partial charge in [0.25, 0.3) is 0 Å². The quantitative estimate of drug-likeness (QED) is 0.227. The van der Waals surface area contributed by atoms with Gasteiger partial charge >= 0.3 is 6.18 Å². The van der Waals surface area contributed by atoms with Gasteiger partial charge in [0.1, 0.15) is 0 Å². The van der Waals surface area contributed by atoms with Crippen molar-refractivity contribution in [3.63, 3.8) is 0 Å². The van der Waals surface area contributed by atoms with E-state index < -0.39 is 11.7 Å². The van der Waals surface area contributed by atoms with Gasteiger partial charge in [0.2, 0.25) is 5.91 Å². The van der Waals surface area contributed by atoms with E-state index in [2.05, 4.69) is 30.5 Å². The van der Waals surface area contributed by atoms with Gasteiger partial charge in [-0.1, -0.05) is 62.8 Å². The van der Waals surface area contributed by atoms with Crippen molar-refractivity contribution in [3.8, 4) is 0 Å². The van der Waals surface area contributed by atoms with Crippen LogP contribution in [0.1, 0.15) is 94.7 Å². The first kappa shape index (κ1) is 28.0. The zero-order chi connectivity index (χ0) is 27.1. The molecule has 0 unspecified atom stereocenters. The maximum Gasteiger partial charge on any atom is 0.416 e. The summed E-state index contributed by atoms with van der Waals surface area (Å²) in [6.45, 7) is 4.29. The molecule has 4 rings (SSSR count). The van der Waals surface area contributed by atoms with Crippen LogP contribution in [0.2, 0.25) is 0 Å². The van der Waals surface area contributed by atoms with E-state index in [0.29, 0.717) is 17.9 Å². The van der Waals surface area contributed by atoms with E-state index in [9.17, 15) is 18.0 Å². The number of allylic oxidation sites excluding steroid dienone is 3. The second-order valence-electron chi connectivity index (χ2n) is 10.7. The number of hydrogen-bond acceptors (Lipinski definition) is 2. The van der Waals surface area contributed by atoms with Crippen molar-refractivity contribution in [2.75, 3.05) is 10.6 Å². The molecule has 38 heavy (non-hydrogen) atoms. The molecule has 2 N–H and O–H groups in total. The van der Waals surface area contributed by atoms with Crippen LogP contribution in [-0.4, -0.2) is 5.91 Å². The second-order valence-corrected chi connectivity index (χ2v) is 10.7. The molecule has 6 heteroatoms. The molecule has 0 radical (unpaired) electrons. The highest BCUT2D eigenvalue weighted by Gasteiger charge is 2.30. The van der Waals surface area contributed by atoms with Gasteiger partial charge in [-0.2, -0.15) is 13.2 Å². The first-order valence-electron chi connectivity index (χ1n) is 14.0. The number of carbonyl (C=O) groups excluding carboxylic acids is 1. The molecule has 2 aromatic carbocycles. The molecular weight excluding hydrogens is 485 g/mol. The van der Waals surface area contributed by atoms with Crippen molar-refractivity contribution in [1.29, 1.82) is 0 Å². The number of nitrogens with one attached hydrogen (secondary N) is 2. The minimum absolute atomic E-state index is 0.248. The smallest absolute Gasteiger partial charge is 0.359 e. The molecule has 0 bridgehead atoms. The molecule has 0 atom stereocenters. The van der Waals surface area contributed by atoms with Gasteiger partial charge in [0.15, 0.2) is 0 Å². The lowest BCUT2D eigenvalue weighted by molar-refractivity contribution is -0.137. The molecule has 2 aliphatic rings. The number of anilines is 2. The summed E-state index contributed by atoms with van der Waals surface area (Å²) in [5.41, 5.74) is 6.33. The Kier molecular flexibility index (Phi) is 9.35. The number of unbranched alkanes of at least 4 members (excludes halogenated alkanes) is 2. The zero-order valence-corrected chi connectivity index (χ0v) is 22.5. The summed E-state index contributed by atoms with van der Waals surface area (Å²) >= 11 is 0. The van der Waals surface area contributed by atoms with Crippen LogP contribution in [0.5, 0.6) is 0 Å². The molecule has 1 amide bonds. The van der Waals surface area contributed by atoms with Crippen molar-refractivity contribution < 1.29 is 18.0 Å². The summed E-state index contributed by atoms with van der Waals surface area (Å²) < 4.78 is 39.3. The SMILES string of the molecule is CCCCCc1c(NC(=O)/C=C(\CC2CCC2)c2ccc(C(F)(F)F)cc2)cccc1NC(C)=C1CCC1. The molecule has 3 nitrogen and oxygen atoms in total. The number of halogens is 3. The average molecular weight is 525 g/mol. The molecule has 2 fully saturated rings. The molecule has 0 saturated heterocycles. The Morgan fingerprint density at radius 3 is 2.21 bits per heavy atom. The van der Waals surface area contributed by atoms with Gasteiger partial charge in [-0.05, 0) is 92.3 Å². The van der Waals surface area contributed by atoms with E-state index in [4.69, 9.17) is 0 Å². The first-order chi connectivity index (χ1) is 18.2. The van der Waals surface area contributed by atoms with Gasteiger partial charge < -0.3 is 10.6 Å². The lowest BCUT2D eigenvalue weighted by atomic mass is 9.79. The first-order valence-corrected chi connectivity index (χ1v) is 14.0. The van der Waals surface area contributed by atoms with Gasteiger partial charge in [-0.3, -0.25) is 4.79 Å². The minimum atomic E-state index is -4.38. The van der Waals surface area contributed by atoms with Crippen molar-refractivity contribution >= 4 is 22.9 Å².